The van der Waals surface area contributed by atoms with Crippen LogP contribution in [0.1, 0.15) is 38.3 Å². The summed E-state index contributed by atoms with van der Waals surface area (Å²) >= 11 is 0. The molecule has 17 heavy (non-hydrogen) atoms. The fourth-order valence-corrected chi connectivity index (χ4v) is 1.82. The molecule has 5 nitrogen and oxygen atoms in total. The zero-order valence-electron chi connectivity index (χ0n) is 10.1. The lowest BCUT2D eigenvalue weighted by Gasteiger charge is -2.08. The first-order valence-corrected chi connectivity index (χ1v) is 5.76. The first-order valence-electron chi connectivity index (χ1n) is 5.76. The summed E-state index contributed by atoms with van der Waals surface area (Å²) in [4.78, 5) is 11.8. The Bertz CT molecular complexity index is 371. The molecule has 96 valence electrons. The number of aromatic amines is 1. The van der Waals surface area contributed by atoms with Gasteiger partial charge >= 0.3 is 0 Å². The number of H-pyrrole nitrogens is 1. The normalized spacial score (nSPS) is 19.1. The molecule has 0 bridgehead atoms. The van der Waals surface area contributed by atoms with E-state index in [0.717, 1.165) is 25.1 Å². The van der Waals surface area contributed by atoms with E-state index in [0.29, 0.717) is 11.7 Å². The van der Waals surface area contributed by atoms with Gasteiger partial charge in [0.15, 0.2) is 5.82 Å². The Hall–Kier alpha value is -1.07. The minimum atomic E-state index is -0.0563. The van der Waals surface area contributed by atoms with Crippen molar-refractivity contribution in [1.29, 1.82) is 0 Å². The van der Waals surface area contributed by atoms with E-state index in [1.54, 1.807) is 0 Å². The molecule has 0 radical (unpaired) electrons. The Morgan fingerprint density at radius 1 is 1.59 bits per heavy atom. The first-order chi connectivity index (χ1) is 7.66. The average Bonchev–Trinajstić information content (AvgIpc) is 2.87. The van der Waals surface area contributed by atoms with Gasteiger partial charge in [0.2, 0.25) is 5.91 Å². The molecule has 0 saturated carbocycles. The highest BCUT2D eigenvalue weighted by Crippen LogP contribution is 2.15. The van der Waals surface area contributed by atoms with Crippen molar-refractivity contribution in [2.45, 2.75) is 38.6 Å². The summed E-state index contributed by atoms with van der Waals surface area (Å²) in [6.07, 6.45) is 1.98. The maximum absolute atomic E-state index is 11.8. The van der Waals surface area contributed by atoms with Crippen LogP contribution in [0.4, 0.5) is 5.82 Å². The summed E-state index contributed by atoms with van der Waals surface area (Å²) in [6, 6.07) is 1.83. The Labute approximate surface area is 107 Å². The van der Waals surface area contributed by atoms with Gasteiger partial charge in [-0.05, 0) is 25.3 Å². The molecule has 1 aromatic heterocycles. The number of rotatable bonds is 3. The van der Waals surface area contributed by atoms with Gasteiger partial charge in [0, 0.05) is 11.8 Å². The summed E-state index contributed by atoms with van der Waals surface area (Å²) in [5.74, 6) is 1.02. The topological polar surface area (TPSA) is 69.8 Å². The number of hydrogen-bond acceptors (Lipinski definition) is 3. The van der Waals surface area contributed by atoms with Crippen LogP contribution in [0.25, 0.3) is 0 Å². The lowest BCUT2D eigenvalue weighted by Crippen LogP contribution is -2.35. The number of anilines is 1. The number of amides is 1. The molecule has 3 N–H and O–H groups in total. The van der Waals surface area contributed by atoms with Crippen molar-refractivity contribution in [3.63, 3.8) is 0 Å². The number of nitrogens with one attached hydrogen (secondary N) is 3. The summed E-state index contributed by atoms with van der Waals surface area (Å²) < 4.78 is 0. The van der Waals surface area contributed by atoms with Gasteiger partial charge in [-0.15, -0.1) is 12.4 Å². The predicted molar refractivity (Wildman–Crippen MR) is 69.6 cm³/mol. The van der Waals surface area contributed by atoms with Gasteiger partial charge in [0.1, 0.15) is 0 Å². The van der Waals surface area contributed by atoms with E-state index in [9.17, 15) is 4.79 Å². The molecule has 0 aliphatic carbocycles. The van der Waals surface area contributed by atoms with E-state index in [1.165, 1.54) is 0 Å². The molecular weight excluding hydrogens is 240 g/mol. The molecule has 6 heteroatoms. The Kier molecular flexibility index (Phi) is 4.96. The van der Waals surface area contributed by atoms with E-state index in [1.807, 2.05) is 6.07 Å². The number of carbonyl (C=O) groups is 1. The number of aromatic nitrogens is 2. The van der Waals surface area contributed by atoms with Crippen molar-refractivity contribution in [2.75, 3.05) is 11.9 Å². The number of nitrogens with zero attached hydrogens (tertiary/aromatic N) is 1. The maximum Gasteiger partial charge on any atom is 0.242 e. The van der Waals surface area contributed by atoms with Crippen molar-refractivity contribution in [2.24, 2.45) is 0 Å². The molecule has 1 amide bonds. The van der Waals surface area contributed by atoms with Crippen molar-refractivity contribution < 1.29 is 4.79 Å². The number of hydrogen-bond donors (Lipinski definition) is 3. The van der Waals surface area contributed by atoms with Crippen molar-refractivity contribution in [1.82, 2.24) is 15.5 Å². The minimum Gasteiger partial charge on any atom is -0.308 e. The smallest absolute Gasteiger partial charge is 0.242 e. The minimum absolute atomic E-state index is 0. The largest absolute Gasteiger partial charge is 0.308 e. The molecule has 2 heterocycles. The fraction of sp³-hybridized carbons (Fsp3) is 0.636. The monoisotopic (exact) mass is 258 g/mol. The quantitative estimate of drug-likeness (QED) is 0.772. The second-order valence-corrected chi connectivity index (χ2v) is 4.50. The van der Waals surface area contributed by atoms with Gasteiger partial charge in [-0.3, -0.25) is 9.89 Å². The third-order valence-corrected chi connectivity index (χ3v) is 2.85. The first kappa shape index (κ1) is 14.0. The van der Waals surface area contributed by atoms with Crippen LogP contribution in [0, 0.1) is 0 Å². The van der Waals surface area contributed by atoms with Crippen LogP contribution >= 0.6 is 12.4 Å². The lowest BCUT2D eigenvalue weighted by atomic mass is 10.1. The zero-order chi connectivity index (χ0) is 11.5. The predicted octanol–water partition coefficient (Wildman–Crippen LogP) is 1.65. The summed E-state index contributed by atoms with van der Waals surface area (Å²) in [7, 11) is 0. The van der Waals surface area contributed by atoms with Crippen molar-refractivity contribution in [3.05, 3.63) is 11.8 Å². The fourth-order valence-electron chi connectivity index (χ4n) is 1.82. The summed E-state index contributed by atoms with van der Waals surface area (Å²) in [5.41, 5.74) is 1.04. The maximum atomic E-state index is 11.8. The van der Waals surface area contributed by atoms with E-state index < -0.39 is 0 Å². The van der Waals surface area contributed by atoms with Gasteiger partial charge in [0.05, 0.1) is 6.04 Å². The molecule has 1 fully saturated rings. The molecule has 1 saturated heterocycles. The van der Waals surface area contributed by atoms with Gasteiger partial charge in [-0.25, -0.2) is 0 Å². The molecule has 1 aliphatic heterocycles. The zero-order valence-corrected chi connectivity index (χ0v) is 10.9. The molecule has 0 spiro atoms. The van der Waals surface area contributed by atoms with Gasteiger partial charge in [-0.2, -0.15) is 5.10 Å². The third-order valence-electron chi connectivity index (χ3n) is 2.85. The molecular formula is C11H19ClN4O. The second kappa shape index (κ2) is 6.02. The summed E-state index contributed by atoms with van der Waals surface area (Å²) in [6.45, 7) is 5.09. The highest BCUT2D eigenvalue weighted by atomic mass is 35.5. The molecule has 2 rings (SSSR count). The number of halogens is 1. The van der Waals surface area contributed by atoms with Crippen molar-refractivity contribution in [3.8, 4) is 0 Å². The van der Waals surface area contributed by atoms with E-state index in [4.69, 9.17) is 0 Å². The van der Waals surface area contributed by atoms with Gasteiger partial charge in [0.25, 0.3) is 0 Å². The van der Waals surface area contributed by atoms with Crippen molar-refractivity contribution >= 4 is 24.1 Å². The molecule has 1 unspecified atom stereocenters. The van der Waals surface area contributed by atoms with Gasteiger partial charge < -0.3 is 10.6 Å². The Morgan fingerprint density at radius 3 is 2.88 bits per heavy atom. The van der Waals surface area contributed by atoms with Gasteiger partial charge in [-0.1, -0.05) is 13.8 Å². The van der Waals surface area contributed by atoms with Crippen LogP contribution in [-0.2, 0) is 4.79 Å². The van der Waals surface area contributed by atoms with Crippen LogP contribution in [0.3, 0.4) is 0 Å². The van der Waals surface area contributed by atoms with Crippen LogP contribution in [0.5, 0.6) is 0 Å². The SMILES string of the molecule is CC(C)c1cc(NC(=O)C2CCCN2)n[nH]1.Cl. The molecule has 1 aromatic rings. The molecule has 1 aliphatic rings. The molecule has 0 aromatic carbocycles. The second-order valence-electron chi connectivity index (χ2n) is 4.50. The Morgan fingerprint density at radius 2 is 2.35 bits per heavy atom. The van der Waals surface area contributed by atoms with Crippen LogP contribution in [0.15, 0.2) is 6.07 Å². The van der Waals surface area contributed by atoms with E-state index >= 15 is 0 Å². The summed E-state index contributed by atoms with van der Waals surface area (Å²) in [5, 5.41) is 13.0. The highest BCUT2D eigenvalue weighted by Gasteiger charge is 2.22. The van der Waals surface area contributed by atoms with Crippen LogP contribution in [0.2, 0.25) is 0 Å². The average molecular weight is 259 g/mol. The van der Waals surface area contributed by atoms with E-state index in [-0.39, 0.29) is 24.4 Å². The van der Waals surface area contributed by atoms with E-state index in [2.05, 4.69) is 34.7 Å². The van der Waals surface area contributed by atoms with Crippen LogP contribution in [-0.4, -0.2) is 28.7 Å². The third kappa shape index (κ3) is 3.44. The Balaban J connectivity index is 0.00000144. The standard InChI is InChI=1S/C11H18N4O.ClH/c1-7(2)9-6-10(15-14-9)13-11(16)8-4-3-5-12-8;/h6-8,12H,3-5H2,1-2H3,(H2,13,14,15,16);1H. The molecule has 1 atom stereocenters. The lowest BCUT2D eigenvalue weighted by molar-refractivity contribution is -0.117. The highest BCUT2D eigenvalue weighted by molar-refractivity contribution is 5.94. The van der Waals surface area contributed by atoms with Crippen LogP contribution < -0.4 is 10.6 Å². The number of carbonyl (C=O) groups excluding carboxylic acids is 1.